The summed E-state index contributed by atoms with van der Waals surface area (Å²) in [4.78, 5) is 28.7. The van der Waals surface area contributed by atoms with Crippen LogP contribution in [-0.2, 0) is 32.6 Å². The number of anilines is 1. The average Bonchev–Trinajstić information content (AvgIpc) is 2.99. The largest absolute Gasteiger partial charge is 0.357 e. The molecule has 0 unspecified atom stereocenters. The maximum Gasteiger partial charge on any atom is 0.264 e. The van der Waals surface area contributed by atoms with E-state index in [0.29, 0.717) is 0 Å². The summed E-state index contributed by atoms with van der Waals surface area (Å²) >= 11 is 3.41. The highest BCUT2D eigenvalue weighted by molar-refractivity contribution is 9.10. The fourth-order valence-corrected chi connectivity index (χ4v) is 6.20. The predicted molar refractivity (Wildman–Crippen MR) is 165 cm³/mol. The molecule has 0 aliphatic carbocycles. The third-order valence-corrected chi connectivity index (χ3v) is 9.10. The van der Waals surface area contributed by atoms with Gasteiger partial charge in [0.2, 0.25) is 11.8 Å². The Morgan fingerprint density at radius 1 is 0.857 bits per heavy atom. The van der Waals surface area contributed by atoms with Gasteiger partial charge in [0.1, 0.15) is 18.4 Å². The molecule has 0 aromatic heterocycles. The molecule has 0 bridgehead atoms. The fourth-order valence-electron chi connectivity index (χ4n) is 4.51. The van der Waals surface area contributed by atoms with Crippen molar-refractivity contribution in [3.05, 3.63) is 130 Å². The molecule has 218 valence electrons. The van der Waals surface area contributed by atoms with Crippen LogP contribution in [0.2, 0.25) is 0 Å². The van der Waals surface area contributed by atoms with E-state index in [4.69, 9.17) is 0 Å². The van der Waals surface area contributed by atoms with Gasteiger partial charge in [-0.05, 0) is 54.4 Å². The Balaban J connectivity index is 1.79. The minimum absolute atomic E-state index is 0.0206. The Morgan fingerprint density at radius 3 is 2.10 bits per heavy atom. The molecule has 7 nitrogen and oxygen atoms in total. The third kappa shape index (κ3) is 7.43. The maximum atomic E-state index is 15.1. The van der Waals surface area contributed by atoms with E-state index in [1.54, 1.807) is 12.1 Å². The Morgan fingerprint density at radius 2 is 1.48 bits per heavy atom. The van der Waals surface area contributed by atoms with Crippen molar-refractivity contribution in [2.24, 2.45) is 0 Å². The smallest absolute Gasteiger partial charge is 0.264 e. The topological polar surface area (TPSA) is 86.8 Å². The van der Waals surface area contributed by atoms with Gasteiger partial charge in [-0.15, -0.1) is 0 Å². The van der Waals surface area contributed by atoms with Gasteiger partial charge in [-0.2, -0.15) is 0 Å². The molecular formula is C32H31BrFN3O4S. The van der Waals surface area contributed by atoms with Crippen molar-refractivity contribution in [3.63, 3.8) is 0 Å². The van der Waals surface area contributed by atoms with Gasteiger partial charge in [-0.3, -0.25) is 13.9 Å². The van der Waals surface area contributed by atoms with Crippen LogP contribution in [0.3, 0.4) is 0 Å². The van der Waals surface area contributed by atoms with Gasteiger partial charge in [0, 0.05) is 24.5 Å². The van der Waals surface area contributed by atoms with Crippen molar-refractivity contribution in [2.75, 3.05) is 17.9 Å². The number of carbonyl (C=O) groups is 2. The van der Waals surface area contributed by atoms with Gasteiger partial charge in [0.05, 0.1) is 10.6 Å². The molecule has 10 heteroatoms. The lowest BCUT2D eigenvalue weighted by Crippen LogP contribution is -2.53. The predicted octanol–water partition coefficient (Wildman–Crippen LogP) is 5.48. The second kappa shape index (κ2) is 13.8. The zero-order valence-corrected chi connectivity index (χ0v) is 25.6. The van der Waals surface area contributed by atoms with Gasteiger partial charge >= 0.3 is 0 Å². The highest BCUT2D eigenvalue weighted by Crippen LogP contribution is 2.27. The molecule has 0 fully saturated rings. The number of aryl methyl sites for hydroxylation is 1. The molecule has 0 saturated heterocycles. The number of nitrogens with zero attached hydrogens (tertiary/aromatic N) is 2. The summed E-state index contributed by atoms with van der Waals surface area (Å²) < 4.78 is 44.5. The van der Waals surface area contributed by atoms with Crippen LogP contribution in [0.5, 0.6) is 0 Å². The van der Waals surface area contributed by atoms with Crippen molar-refractivity contribution in [1.82, 2.24) is 10.2 Å². The first-order valence-corrected chi connectivity index (χ1v) is 15.5. The number of nitrogens with one attached hydrogen (secondary N) is 1. The van der Waals surface area contributed by atoms with E-state index < -0.39 is 40.2 Å². The summed E-state index contributed by atoms with van der Waals surface area (Å²) in [5.41, 5.74) is 2.12. The average molecular weight is 653 g/mol. The lowest BCUT2D eigenvalue weighted by Gasteiger charge is -2.33. The van der Waals surface area contributed by atoms with Gasteiger partial charge in [-0.25, -0.2) is 12.8 Å². The van der Waals surface area contributed by atoms with E-state index in [0.717, 1.165) is 31.5 Å². The number of hydrogen-bond donors (Lipinski definition) is 1. The number of sulfonamides is 1. The van der Waals surface area contributed by atoms with E-state index in [-0.39, 0.29) is 23.5 Å². The van der Waals surface area contributed by atoms with Crippen molar-refractivity contribution < 1.29 is 22.4 Å². The number of para-hydroxylation sites is 1. The Bertz CT molecular complexity index is 1630. The summed E-state index contributed by atoms with van der Waals surface area (Å²) in [6.45, 7) is 1.11. The molecular weight excluding hydrogens is 621 g/mol. The maximum absolute atomic E-state index is 15.1. The summed E-state index contributed by atoms with van der Waals surface area (Å²) in [5, 5.41) is 2.64. The Kier molecular flexibility index (Phi) is 10.1. The summed E-state index contributed by atoms with van der Waals surface area (Å²) in [5.74, 6) is -1.88. The van der Waals surface area contributed by atoms with Crippen LogP contribution >= 0.6 is 15.9 Å². The molecule has 0 aliphatic rings. The summed E-state index contributed by atoms with van der Waals surface area (Å²) in [6, 6.07) is 27.0. The van der Waals surface area contributed by atoms with E-state index in [1.807, 2.05) is 61.5 Å². The normalized spacial score (nSPS) is 11.9. The molecule has 2 amide bonds. The fraction of sp³-hybridized carbons (Fsp3) is 0.188. The molecule has 0 aliphatic heterocycles. The molecule has 42 heavy (non-hydrogen) atoms. The van der Waals surface area contributed by atoms with Gasteiger partial charge < -0.3 is 10.2 Å². The van der Waals surface area contributed by atoms with E-state index >= 15 is 4.39 Å². The molecule has 4 aromatic carbocycles. The standard InChI is InChI=1S/C32H31BrFN3O4S/c1-23-12-18-27(19-13-23)42(40,41)37(29-11-7-6-10-28(29)34)22-31(38)36(21-25-14-16-26(33)17-15-25)30(32(39)35-2)20-24-8-4-3-5-9-24/h3-19,30H,20-22H2,1-2H3,(H,35,39)/t30-/m0/s1. The molecule has 4 rings (SSSR count). The minimum Gasteiger partial charge on any atom is -0.357 e. The van der Waals surface area contributed by atoms with Crippen LogP contribution in [0.1, 0.15) is 16.7 Å². The van der Waals surface area contributed by atoms with Crippen molar-refractivity contribution in [1.29, 1.82) is 0 Å². The van der Waals surface area contributed by atoms with Crippen LogP contribution < -0.4 is 9.62 Å². The van der Waals surface area contributed by atoms with E-state index in [9.17, 15) is 18.0 Å². The van der Waals surface area contributed by atoms with Gasteiger partial charge in [0.25, 0.3) is 10.0 Å². The first-order valence-electron chi connectivity index (χ1n) is 13.2. The first-order chi connectivity index (χ1) is 20.1. The lowest BCUT2D eigenvalue weighted by molar-refractivity contribution is -0.139. The Labute approximate surface area is 254 Å². The first kappa shape index (κ1) is 30.9. The second-order valence-electron chi connectivity index (χ2n) is 9.74. The zero-order valence-electron chi connectivity index (χ0n) is 23.2. The zero-order chi connectivity index (χ0) is 30.3. The molecule has 0 spiro atoms. The lowest BCUT2D eigenvalue weighted by atomic mass is 10.0. The monoisotopic (exact) mass is 651 g/mol. The number of benzene rings is 4. The van der Waals surface area contributed by atoms with Gasteiger partial charge in [0.15, 0.2) is 0 Å². The van der Waals surface area contributed by atoms with Crippen molar-refractivity contribution >= 4 is 43.5 Å². The van der Waals surface area contributed by atoms with Gasteiger partial charge in [-0.1, -0.05) is 88.2 Å². The number of likely N-dealkylation sites (N-methyl/N-ethyl adjacent to an activating group) is 1. The number of hydrogen-bond acceptors (Lipinski definition) is 4. The van der Waals surface area contributed by atoms with Crippen molar-refractivity contribution in [2.45, 2.75) is 30.8 Å². The van der Waals surface area contributed by atoms with Crippen molar-refractivity contribution in [3.8, 4) is 0 Å². The van der Waals surface area contributed by atoms with E-state index in [2.05, 4.69) is 21.2 Å². The number of amides is 2. The van der Waals surface area contributed by atoms with Crippen LogP contribution in [0.15, 0.2) is 112 Å². The Hall–Kier alpha value is -4.02. The molecule has 4 aromatic rings. The quantitative estimate of drug-likeness (QED) is 0.233. The van der Waals surface area contributed by atoms with Crippen LogP contribution in [0.4, 0.5) is 10.1 Å². The minimum atomic E-state index is -4.37. The summed E-state index contributed by atoms with van der Waals surface area (Å²) in [6.07, 6.45) is 0.188. The van der Waals surface area contributed by atoms with Crippen LogP contribution in [-0.4, -0.2) is 44.8 Å². The highest BCUT2D eigenvalue weighted by atomic mass is 79.9. The van der Waals surface area contributed by atoms with E-state index in [1.165, 1.54) is 42.3 Å². The molecule has 0 heterocycles. The number of carbonyl (C=O) groups excluding carboxylic acids is 2. The molecule has 1 N–H and O–H groups in total. The molecule has 1 atom stereocenters. The van der Waals surface area contributed by atoms with Crippen LogP contribution in [0, 0.1) is 12.7 Å². The SMILES string of the molecule is CNC(=O)[C@H](Cc1ccccc1)N(Cc1ccc(Br)cc1)C(=O)CN(c1ccccc1F)S(=O)(=O)c1ccc(C)cc1. The third-order valence-electron chi connectivity index (χ3n) is 6.79. The summed E-state index contributed by atoms with van der Waals surface area (Å²) in [7, 11) is -2.89. The molecule has 0 saturated carbocycles. The molecule has 0 radical (unpaired) electrons. The number of rotatable bonds is 11. The van der Waals surface area contributed by atoms with Crippen LogP contribution in [0.25, 0.3) is 0 Å². The highest BCUT2D eigenvalue weighted by Gasteiger charge is 2.35. The number of halogens is 2. The second-order valence-corrected chi connectivity index (χ2v) is 12.5.